The molecular formula is C19H21N3O4. The van der Waals surface area contributed by atoms with Gasteiger partial charge in [-0.3, -0.25) is 14.7 Å². The minimum absolute atomic E-state index is 0.113. The van der Waals surface area contributed by atoms with Crippen LogP contribution in [0.15, 0.2) is 42.5 Å². The highest BCUT2D eigenvalue weighted by Crippen LogP contribution is 2.34. The molecule has 1 unspecified atom stereocenters. The molecule has 1 aromatic heterocycles. The van der Waals surface area contributed by atoms with Crippen LogP contribution in [0.3, 0.4) is 0 Å². The van der Waals surface area contributed by atoms with E-state index in [1.807, 2.05) is 43.3 Å². The molecule has 3 aromatic rings. The van der Waals surface area contributed by atoms with Gasteiger partial charge in [0.25, 0.3) is 0 Å². The third kappa shape index (κ3) is 3.29. The highest BCUT2D eigenvalue weighted by Gasteiger charge is 2.24. The maximum atomic E-state index is 12.9. The number of carbonyl (C=O) groups excluding carboxylic acids is 1. The van der Waals surface area contributed by atoms with Crippen LogP contribution in [0, 0.1) is 0 Å². The third-order valence-corrected chi connectivity index (χ3v) is 4.21. The molecule has 0 aliphatic rings. The predicted octanol–water partition coefficient (Wildman–Crippen LogP) is 2.83. The number of rotatable bonds is 5. The summed E-state index contributed by atoms with van der Waals surface area (Å²) in [6.45, 7) is 0. The van der Waals surface area contributed by atoms with Gasteiger partial charge in [0.15, 0.2) is 11.8 Å². The number of aromatic amines is 1. The molecular weight excluding hydrogens is 334 g/mol. The molecule has 0 fully saturated rings. The number of nitrogens with zero attached hydrogens (tertiary/aromatic N) is 1. The molecule has 1 atom stereocenters. The van der Waals surface area contributed by atoms with Gasteiger partial charge in [-0.1, -0.05) is 12.1 Å². The standard InChI is InChI=1S/C19H21N3O4/c1-22(2)16(11-5-4-6-13(9-11)26-3)19(25)20-12-7-8-14-15(10-12)18(24)21-17(14)23/h4-10,16,21,23-24H,1-3H3,(H,20,25). The Morgan fingerprint density at radius 2 is 1.85 bits per heavy atom. The van der Waals surface area contributed by atoms with Crippen LogP contribution in [0.4, 0.5) is 5.69 Å². The Morgan fingerprint density at radius 3 is 2.54 bits per heavy atom. The summed E-state index contributed by atoms with van der Waals surface area (Å²) in [5, 5.41) is 23.3. The number of hydrogen-bond acceptors (Lipinski definition) is 5. The lowest BCUT2D eigenvalue weighted by Gasteiger charge is -2.24. The van der Waals surface area contributed by atoms with Gasteiger partial charge in [0, 0.05) is 16.5 Å². The lowest BCUT2D eigenvalue weighted by molar-refractivity contribution is -0.120. The molecule has 4 N–H and O–H groups in total. The topological polar surface area (TPSA) is 97.8 Å². The number of H-pyrrole nitrogens is 1. The molecule has 1 amide bonds. The van der Waals surface area contributed by atoms with Crippen LogP contribution in [-0.2, 0) is 4.79 Å². The Morgan fingerprint density at radius 1 is 1.12 bits per heavy atom. The third-order valence-electron chi connectivity index (χ3n) is 4.21. The summed E-state index contributed by atoms with van der Waals surface area (Å²) in [5.41, 5.74) is 1.32. The average molecular weight is 355 g/mol. The van der Waals surface area contributed by atoms with Gasteiger partial charge in [0.05, 0.1) is 7.11 Å². The average Bonchev–Trinajstić information content (AvgIpc) is 2.88. The fraction of sp³-hybridized carbons (Fsp3) is 0.211. The van der Waals surface area contributed by atoms with E-state index in [-0.39, 0.29) is 17.7 Å². The van der Waals surface area contributed by atoms with E-state index in [4.69, 9.17) is 4.74 Å². The SMILES string of the molecule is COc1cccc(C(C(=O)Nc2ccc3c(O)[nH]c(O)c3c2)N(C)C)c1. The zero-order chi connectivity index (χ0) is 18.8. The van der Waals surface area contributed by atoms with Gasteiger partial charge in [0.2, 0.25) is 5.91 Å². The molecule has 2 aromatic carbocycles. The number of nitrogens with one attached hydrogen (secondary N) is 2. The maximum Gasteiger partial charge on any atom is 0.246 e. The number of likely N-dealkylation sites (N-methyl/N-ethyl adjacent to an activating group) is 1. The van der Waals surface area contributed by atoms with Gasteiger partial charge in [0.1, 0.15) is 11.8 Å². The molecule has 0 spiro atoms. The van der Waals surface area contributed by atoms with Crippen molar-refractivity contribution in [3.05, 3.63) is 48.0 Å². The fourth-order valence-corrected chi connectivity index (χ4v) is 2.98. The number of ether oxygens (including phenoxy) is 1. The largest absolute Gasteiger partial charge is 0.497 e. The Bertz CT molecular complexity index is 949. The second-order valence-corrected chi connectivity index (χ2v) is 6.21. The summed E-state index contributed by atoms with van der Waals surface area (Å²) in [7, 11) is 5.23. The normalized spacial score (nSPS) is 12.3. The minimum atomic E-state index is -0.519. The molecule has 1 heterocycles. The molecule has 0 saturated heterocycles. The van der Waals surface area contributed by atoms with Gasteiger partial charge in [-0.15, -0.1) is 0 Å². The van der Waals surface area contributed by atoms with Crippen LogP contribution in [0.5, 0.6) is 17.5 Å². The summed E-state index contributed by atoms with van der Waals surface area (Å²) >= 11 is 0. The van der Waals surface area contributed by atoms with E-state index >= 15 is 0 Å². The number of carbonyl (C=O) groups is 1. The zero-order valence-corrected chi connectivity index (χ0v) is 14.8. The van der Waals surface area contributed by atoms with Crippen LogP contribution in [0.2, 0.25) is 0 Å². The number of anilines is 1. The van der Waals surface area contributed by atoms with E-state index in [1.54, 1.807) is 25.3 Å². The lowest BCUT2D eigenvalue weighted by Crippen LogP contribution is -2.32. The Hall–Kier alpha value is -3.19. The van der Waals surface area contributed by atoms with E-state index in [9.17, 15) is 15.0 Å². The van der Waals surface area contributed by atoms with Crippen molar-refractivity contribution in [1.29, 1.82) is 0 Å². The van der Waals surface area contributed by atoms with E-state index in [1.165, 1.54) is 0 Å². The monoisotopic (exact) mass is 355 g/mol. The van der Waals surface area contributed by atoms with Crippen LogP contribution in [-0.4, -0.2) is 47.2 Å². The smallest absolute Gasteiger partial charge is 0.246 e. The number of fused-ring (bicyclic) bond motifs is 1. The number of hydrogen-bond donors (Lipinski definition) is 4. The minimum Gasteiger partial charge on any atom is -0.497 e. The summed E-state index contributed by atoms with van der Waals surface area (Å²) in [5.74, 6) is 0.196. The first-order valence-electron chi connectivity index (χ1n) is 8.05. The van der Waals surface area contributed by atoms with Crippen LogP contribution >= 0.6 is 0 Å². The van der Waals surface area contributed by atoms with Crippen molar-refractivity contribution in [1.82, 2.24) is 9.88 Å². The van der Waals surface area contributed by atoms with E-state index in [0.717, 1.165) is 5.56 Å². The van der Waals surface area contributed by atoms with Crippen molar-refractivity contribution < 1.29 is 19.7 Å². The van der Waals surface area contributed by atoms with Gasteiger partial charge in [-0.2, -0.15) is 0 Å². The fourth-order valence-electron chi connectivity index (χ4n) is 2.98. The molecule has 0 aliphatic heterocycles. The number of aromatic nitrogens is 1. The number of methoxy groups -OCH3 is 1. The Labute approximate surface area is 150 Å². The van der Waals surface area contributed by atoms with Crippen molar-refractivity contribution in [2.45, 2.75) is 6.04 Å². The second kappa shape index (κ2) is 6.97. The van der Waals surface area contributed by atoms with Crippen LogP contribution in [0.1, 0.15) is 11.6 Å². The Balaban J connectivity index is 1.89. The number of aromatic hydroxyl groups is 2. The van der Waals surface area contributed by atoms with Crippen molar-refractivity contribution in [3.8, 4) is 17.5 Å². The van der Waals surface area contributed by atoms with Crippen molar-refractivity contribution in [2.24, 2.45) is 0 Å². The van der Waals surface area contributed by atoms with E-state index < -0.39 is 6.04 Å². The van der Waals surface area contributed by atoms with Crippen molar-refractivity contribution >= 4 is 22.4 Å². The first kappa shape index (κ1) is 17.6. The molecule has 0 bridgehead atoms. The lowest BCUT2D eigenvalue weighted by atomic mass is 10.0. The quantitative estimate of drug-likeness (QED) is 0.564. The zero-order valence-electron chi connectivity index (χ0n) is 14.8. The van der Waals surface area contributed by atoms with Gasteiger partial charge < -0.3 is 20.3 Å². The maximum absolute atomic E-state index is 12.9. The molecule has 0 aliphatic carbocycles. The van der Waals surface area contributed by atoms with Gasteiger partial charge in [-0.25, -0.2) is 0 Å². The summed E-state index contributed by atoms with van der Waals surface area (Å²) in [6.07, 6.45) is 0. The van der Waals surface area contributed by atoms with Gasteiger partial charge in [-0.05, 0) is 50.0 Å². The molecule has 136 valence electrons. The summed E-state index contributed by atoms with van der Waals surface area (Å²) < 4.78 is 5.24. The highest BCUT2D eigenvalue weighted by atomic mass is 16.5. The van der Waals surface area contributed by atoms with E-state index in [0.29, 0.717) is 22.2 Å². The first-order chi connectivity index (χ1) is 12.4. The van der Waals surface area contributed by atoms with E-state index in [2.05, 4.69) is 10.3 Å². The molecule has 0 radical (unpaired) electrons. The second-order valence-electron chi connectivity index (χ2n) is 6.21. The molecule has 3 rings (SSSR count). The van der Waals surface area contributed by atoms with Crippen molar-refractivity contribution in [2.75, 3.05) is 26.5 Å². The highest BCUT2D eigenvalue weighted by molar-refractivity contribution is 6.00. The number of amides is 1. The van der Waals surface area contributed by atoms with Gasteiger partial charge >= 0.3 is 0 Å². The summed E-state index contributed by atoms with van der Waals surface area (Å²) in [4.78, 5) is 17.1. The summed E-state index contributed by atoms with van der Waals surface area (Å²) in [6, 6.07) is 11.7. The first-order valence-corrected chi connectivity index (χ1v) is 8.05. The predicted molar refractivity (Wildman–Crippen MR) is 99.7 cm³/mol. The molecule has 7 nitrogen and oxygen atoms in total. The molecule has 7 heteroatoms. The van der Waals surface area contributed by atoms with Crippen molar-refractivity contribution in [3.63, 3.8) is 0 Å². The molecule has 0 saturated carbocycles. The number of benzene rings is 2. The Kier molecular flexibility index (Phi) is 4.73. The van der Waals surface area contributed by atoms with Crippen LogP contribution in [0.25, 0.3) is 10.8 Å². The molecule has 26 heavy (non-hydrogen) atoms. The van der Waals surface area contributed by atoms with Crippen LogP contribution < -0.4 is 10.1 Å².